The van der Waals surface area contributed by atoms with Crippen LogP contribution in [0.15, 0.2) is 23.2 Å². The van der Waals surface area contributed by atoms with Crippen molar-refractivity contribution in [2.24, 2.45) is 4.99 Å². The van der Waals surface area contributed by atoms with Crippen molar-refractivity contribution in [1.29, 1.82) is 0 Å². The van der Waals surface area contributed by atoms with Gasteiger partial charge in [0.05, 0.1) is 13.2 Å². The van der Waals surface area contributed by atoms with Gasteiger partial charge >= 0.3 is 0 Å². The van der Waals surface area contributed by atoms with Crippen LogP contribution in [-0.2, 0) is 4.74 Å². The zero-order chi connectivity index (χ0) is 15.5. The normalized spacial score (nSPS) is 10.8. The van der Waals surface area contributed by atoms with Crippen LogP contribution in [0.2, 0.25) is 0 Å². The number of guanidine groups is 1. The Bertz CT molecular complexity index is 433. The van der Waals surface area contributed by atoms with Crippen molar-refractivity contribution in [3.63, 3.8) is 0 Å². The predicted octanol–water partition coefficient (Wildman–Crippen LogP) is 2.50. The molecule has 0 heterocycles. The Morgan fingerprint density at radius 3 is 2.32 bits per heavy atom. The van der Waals surface area contributed by atoms with Gasteiger partial charge in [-0.2, -0.15) is 0 Å². The lowest BCUT2D eigenvalue weighted by molar-refractivity contribution is 0.203. The molecule has 0 aliphatic rings. The molecule has 0 aromatic heterocycles. The second kappa shape index (κ2) is 12.5. The molecule has 0 aliphatic heterocycles. The smallest absolute Gasteiger partial charge is 0.191 e. The maximum absolute atomic E-state index is 5.86. The van der Waals surface area contributed by atoms with Crippen LogP contribution in [-0.4, -0.2) is 46.4 Å². The Morgan fingerprint density at radius 1 is 1.09 bits per heavy atom. The van der Waals surface area contributed by atoms with Crippen LogP contribution in [0.3, 0.4) is 0 Å². The molecular weight excluding hydrogens is 393 g/mol. The van der Waals surface area contributed by atoms with E-state index in [9.17, 15) is 0 Å². The lowest BCUT2D eigenvalue weighted by atomic mass is 10.1. The largest absolute Gasteiger partial charge is 0.493 e. The molecule has 0 atom stereocenters. The van der Waals surface area contributed by atoms with Gasteiger partial charge in [-0.1, -0.05) is 18.2 Å². The first-order chi connectivity index (χ1) is 10.2. The number of nitrogens with one attached hydrogen (secondary N) is 2. The number of benzene rings is 1. The third-order valence-electron chi connectivity index (χ3n) is 3.09. The molecule has 0 amide bonds. The second-order valence-electron chi connectivity index (χ2n) is 4.84. The minimum atomic E-state index is 0. The highest BCUT2D eigenvalue weighted by Crippen LogP contribution is 2.22. The molecule has 6 heteroatoms. The number of methoxy groups -OCH3 is 1. The van der Waals surface area contributed by atoms with Gasteiger partial charge in [0.15, 0.2) is 5.96 Å². The van der Waals surface area contributed by atoms with Crippen LogP contribution in [0.25, 0.3) is 0 Å². The quantitative estimate of drug-likeness (QED) is 0.293. The number of hydrogen-bond donors (Lipinski definition) is 2. The molecule has 126 valence electrons. The van der Waals surface area contributed by atoms with E-state index in [1.165, 1.54) is 11.1 Å². The molecule has 0 fully saturated rings. The van der Waals surface area contributed by atoms with E-state index in [0.717, 1.165) is 31.2 Å². The molecule has 0 saturated carbocycles. The molecule has 0 aliphatic carbocycles. The zero-order valence-corrected chi connectivity index (χ0v) is 16.3. The van der Waals surface area contributed by atoms with Gasteiger partial charge in [0.1, 0.15) is 5.75 Å². The average molecular weight is 421 g/mol. The van der Waals surface area contributed by atoms with Crippen LogP contribution in [0.5, 0.6) is 5.75 Å². The van der Waals surface area contributed by atoms with E-state index in [1.807, 2.05) is 0 Å². The first-order valence-corrected chi connectivity index (χ1v) is 7.31. The Labute approximate surface area is 150 Å². The van der Waals surface area contributed by atoms with Gasteiger partial charge in [0, 0.05) is 27.2 Å². The van der Waals surface area contributed by atoms with Crippen molar-refractivity contribution in [3.8, 4) is 5.75 Å². The summed E-state index contributed by atoms with van der Waals surface area (Å²) >= 11 is 0. The SMILES string of the molecule is CN=C(NCCCOc1c(C)cccc1C)NCCOC.I. The van der Waals surface area contributed by atoms with E-state index in [1.54, 1.807) is 14.2 Å². The third kappa shape index (κ3) is 7.84. The molecule has 0 bridgehead atoms. The fourth-order valence-electron chi connectivity index (χ4n) is 1.97. The van der Waals surface area contributed by atoms with Crippen LogP contribution >= 0.6 is 24.0 Å². The summed E-state index contributed by atoms with van der Waals surface area (Å²) < 4.78 is 10.8. The summed E-state index contributed by atoms with van der Waals surface area (Å²) in [6.45, 7) is 7.06. The maximum atomic E-state index is 5.86. The number of halogens is 1. The molecule has 0 saturated heterocycles. The fraction of sp³-hybridized carbons (Fsp3) is 0.562. The molecule has 0 unspecified atom stereocenters. The van der Waals surface area contributed by atoms with E-state index < -0.39 is 0 Å². The Hall–Kier alpha value is -1.02. The monoisotopic (exact) mass is 421 g/mol. The summed E-state index contributed by atoms with van der Waals surface area (Å²) in [4.78, 5) is 4.14. The maximum Gasteiger partial charge on any atom is 0.191 e. The van der Waals surface area contributed by atoms with Crippen molar-refractivity contribution in [3.05, 3.63) is 29.3 Å². The topological polar surface area (TPSA) is 54.9 Å². The highest BCUT2D eigenvalue weighted by molar-refractivity contribution is 14.0. The van der Waals surface area contributed by atoms with Gasteiger partial charge in [-0.3, -0.25) is 4.99 Å². The summed E-state index contributed by atoms with van der Waals surface area (Å²) in [5.74, 6) is 1.79. The number of para-hydroxylation sites is 1. The van der Waals surface area contributed by atoms with Gasteiger partial charge in [0.2, 0.25) is 0 Å². The number of rotatable bonds is 8. The fourth-order valence-corrected chi connectivity index (χ4v) is 1.97. The molecular formula is C16H28IN3O2. The van der Waals surface area contributed by atoms with Crippen molar-refractivity contribution >= 4 is 29.9 Å². The molecule has 1 aromatic rings. The first-order valence-electron chi connectivity index (χ1n) is 7.31. The third-order valence-corrected chi connectivity index (χ3v) is 3.09. The van der Waals surface area contributed by atoms with Crippen molar-refractivity contribution in [2.75, 3.05) is 40.5 Å². The molecule has 0 spiro atoms. The van der Waals surface area contributed by atoms with Crippen molar-refractivity contribution in [1.82, 2.24) is 10.6 Å². The summed E-state index contributed by atoms with van der Waals surface area (Å²) in [6.07, 6.45) is 0.915. The highest BCUT2D eigenvalue weighted by Gasteiger charge is 2.02. The molecule has 1 rings (SSSR count). The minimum Gasteiger partial charge on any atom is -0.493 e. The van der Waals surface area contributed by atoms with Crippen molar-refractivity contribution in [2.45, 2.75) is 20.3 Å². The van der Waals surface area contributed by atoms with E-state index in [4.69, 9.17) is 9.47 Å². The molecule has 1 aromatic carbocycles. The second-order valence-corrected chi connectivity index (χ2v) is 4.84. The molecule has 22 heavy (non-hydrogen) atoms. The summed E-state index contributed by atoms with van der Waals surface area (Å²) in [6, 6.07) is 6.19. The number of aliphatic imine (C=N–C) groups is 1. The molecule has 0 radical (unpaired) electrons. The highest BCUT2D eigenvalue weighted by atomic mass is 127. The summed E-state index contributed by atoms with van der Waals surface area (Å²) in [5.41, 5.74) is 2.36. The average Bonchev–Trinajstić information content (AvgIpc) is 2.47. The van der Waals surface area contributed by atoms with Gasteiger partial charge in [-0.25, -0.2) is 0 Å². The minimum absolute atomic E-state index is 0. The van der Waals surface area contributed by atoms with Gasteiger partial charge in [0.25, 0.3) is 0 Å². The lowest BCUT2D eigenvalue weighted by Crippen LogP contribution is -2.39. The standard InChI is InChI=1S/C16H27N3O2.HI/c1-13-7-5-8-14(2)15(13)21-11-6-9-18-16(17-3)19-10-12-20-4;/h5,7-8H,6,9-12H2,1-4H3,(H2,17,18,19);1H. The molecule has 5 nitrogen and oxygen atoms in total. The van der Waals surface area contributed by atoms with Gasteiger partial charge in [-0.15, -0.1) is 24.0 Å². The number of ether oxygens (including phenoxy) is 2. The van der Waals surface area contributed by atoms with Crippen LogP contribution in [0, 0.1) is 13.8 Å². The lowest BCUT2D eigenvalue weighted by Gasteiger charge is -2.13. The number of nitrogens with zero attached hydrogens (tertiary/aromatic N) is 1. The number of hydrogen-bond acceptors (Lipinski definition) is 3. The Balaban J connectivity index is 0.00000441. The van der Waals surface area contributed by atoms with E-state index in [2.05, 4.69) is 47.7 Å². The molecule has 2 N–H and O–H groups in total. The predicted molar refractivity (Wildman–Crippen MR) is 103 cm³/mol. The first kappa shape index (κ1) is 21.0. The van der Waals surface area contributed by atoms with E-state index in [0.29, 0.717) is 13.2 Å². The Morgan fingerprint density at radius 2 is 1.73 bits per heavy atom. The van der Waals surface area contributed by atoms with Crippen molar-refractivity contribution < 1.29 is 9.47 Å². The Kier molecular flexibility index (Phi) is 11.9. The van der Waals surface area contributed by atoms with Gasteiger partial charge in [-0.05, 0) is 31.4 Å². The van der Waals surface area contributed by atoms with Gasteiger partial charge < -0.3 is 20.1 Å². The zero-order valence-electron chi connectivity index (χ0n) is 13.9. The number of aryl methyl sites for hydroxylation is 2. The van der Waals surface area contributed by atoms with Crippen LogP contribution < -0.4 is 15.4 Å². The van der Waals surface area contributed by atoms with E-state index in [-0.39, 0.29) is 24.0 Å². The van der Waals surface area contributed by atoms with E-state index >= 15 is 0 Å². The summed E-state index contributed by atoms with van der Waals surface area (Å²) in [5, 5.41) is 6.42. The summed E-state index contributed by atoms with van der Waals surface area (Å²) in [7, 11) is 3.44. The van der Waals surface area contributed by atoms with Crippen LogP contribution in [0.1, 0.15) is 17.5 Å². The van der Waals surface area contributed by atoms with Crippen LogP contribution in [0.4, 0.5) is 0 Å².